The van der Waals surface area contributed by atoms with Gasteiger partial charge < -0.3 is 5.73 Å². The average Bonchev–Trinajstić information content (AvgIpc) is 2.37. The molecule has 0 bridgehead atoms. The average molecular weight is 434 g/mol. The fourth-order valence-electron chi connectivity index (χ4n) is 1.89. The molecule has 0 heterocycles. The number of anilines is 1. The first kappa shape index (κ1) is 16.5. The Bertz CT molecular complexity index is 756. The van der Waals surface area contributed by atoms with Gasteiger partial charge in [0, 0.05) is 15.5 Å². The molecule has 2 aromatic carbocycles. The van der Waals surface area contributed by atoms with E-state index in [1.807, 2.05) is 13.0 Å². The molecule has 0 atom stereocenters. The largest absolute Gasteiger partial charge is 0.326 e. The lowest BCUT2D eigenvalue weighted by molar-refractivity contribution is 0.600. The normalized spacial score (nSPS) is 11.4. The van der Waals surface area contributed by atoms with Gasteiger partial charge in [-0.2, -0.15) is 0 Å². The molecule has 2 rings (SSSR count). The van der Waals surface area contributed by atoms with Gasteiger partial charge in [0.25, 0.3) is 10.0 Å². The molecule has 4 nitrogen and oxygen atoms in total. The molecule has 3 N–H and O–H groups in total. The van der Waals surface area contributed by atoms with E-state index in [2.05, 4.69) is 36.6 Å². The van der Waals surface area contributed by atoms with E-state index < -0.39 is 10.0 Å². The summed E-state index contributed by atoms with van der Waals surface area (Å²) in [5.74, 6) is 0. The number of hydrogen-bond acceptors (Lipinski definition) is 3. The van der Waals surface area contributed by atoms with Crippen molar-refractivity contribution in [2.75, 3.05) is 4.72 Å². The van der Waals surface area contributed by atoms with E-state index >= 15 is 0 Å². The number of nitrogens with one attached hydrogen (secondary N) is 1. The monoisotopic (exact) mass is 432 g/mol. The summed E-state index contributed by atoms with van der Waals surface area (Å²) in [6.07, 6.45) is 0. The van der Waals surface area contributed by atoms with Crippen molar-refractivity contribution in [3.05, 3.63) is 56.5 Å². The van der Waals surface area contributed by atoms with Gasteiger partial charge in [-0.15, -0.1) is 0 Å². The van der Waals surface area contributed by atoms with Gasteiger partial charge in [0.05, 0.1) is 5.69 Å². The Balaban J connectivity index is 2.42. The van der Waals surface area contributed by atoms with E-state index in [9.17, 15) is 8.42 Å². The molecule has 0 fully saturated rings. The summed E-state index contributed by atoms with van der Waals surface area (Å²) >= 11 is 6.62. The first-order valence-electron chi connectivity index (χ1n) is 6.10. The fraction of sp³-hybridized carbons (Fsp3) is 0.143. The highest BCUT2D eigenvalue weighted by Crippen LogP contribution is 2.27. The number of rotatable bonds is 4. The number of halogens is 2. The molecule has 0 aliphatic rings. The summed E-state index contributed by atoms with van der Waals surface area (Å²) in [7, 11) is -3.68. The topological polar surface area (TPSA) is 72.2 Å². The molecule has 0 amide bonds. The lowest BCUT2D eigenvalue weighted by Crippen LogP contribution is -2.14. The van der Waals surface area contributed by atoms with Crippen LogP contribution in [0.2, 0.25) is 0 Å². The van der Waals surface area contributed by atoms with Crippen molar-refractivity contribution in [2.45, 2.75) is 18.4 Å². The Hall–Kier alpha value is -0.890. The van der Waals surface area contributed by atoms with Crippen molar-refractivity contribution < 1.29 is 8.42 Å². The van der Waals surface area contributed by atoms with Crippen LogP contribution in [0.3, 0.4) is 0 Å². The van der Waals surface area contributed by atoms with Crippen LogP contribution in [-0.4, -0.2) is 8.42 Å². The molecular formula is C14H14Br2N2O2S. The van der Waals surface area contributed by atoms with Crippen molar-refractivity contribution in [3.8, 4) is 0 Å². The van der Waals surface area contributed by atoms with Crippen LogP contribution in [0, 0.1) is 6.92 Å². The minimum atomic E-state index is -3.68. The van der Waals surface area contributed by atoms with Gasteiger partial charge in [-0.25, -0.2) is 8.42 Å². The van der Waals surface area contributed by atoms with Crippen LogP contribution < -0.4 is 10.5 Å². The fourth-order valence-corrected chi connectivity index (χ4v) is 4.55. The maximum atomic E-state index is 12.5. The van der Waals surface area contributed by atoms with Gasteiger partial charge in [0.1, 0.15) is 4.90 Å². The minimum absolute atomic E-state index is 0.170. The molecule has 0 saturated heterocycles. The van der Waals surface area contributed by atoms with Crippen LogP contribution in [0.5, 0.6) is 0 Å². The smallest absolute Gasteiger partial charge is 0.263 e. The summed E-state index contributed by atoms with van der Waals surface area (Å²) in [5.41, 5.74) is 7.78. The predicted molar refractivity (Wildman–Crippen MR) is 91.7 cm³/mol. The van der Waals surface area contributed by atoms with E-state index in [0.717, 1.165) is 15.6 Å². The Morgan fingerprint density at radius 1 is 1.14 bits per heavy atom. The molecule has 0 spiro atoms. The molecule has 2 aromatic rings. The number of aryl methyl sites for hydroxylation is 1. The predicted octanol–water partition coefficient (Wildman–Crippen LogP) is 3.78. The number of hydrogen-bond donors (Lipinski definition) is 2. The molecule has 0 aliphatic heterocycles. The van der Waals surface area contributed by atoms with Crippen molar-refractivity contribution in [2.24, 2.45) is 5.73 Å². The van der Waals surface area contributed by atoms with Crippen molar-refractivity contribution >= 4 is 47.6 Å². The highest BCUT2D eigenvalue weighted by molar-refractivity contribution is 9.10. The van der Waals surface area contributed by atoms with Gasteiger partial charge >= 0.3 is 0 Å². The van der Waals surface area contributed by atoms with Crippen LogP contribution in [0.15, 0.2) is 50.2 Å². The molecule has 7 heteroatoms. The van der Waals surface area contributed by atoms with Crippen molar-refractivity contribution in [1.29, 1.82) is 0 Å². The number of benzene rings is 2. The standard InChI is InChI=1S/C14H14Br2N2O2S/c1-9-4-11(15)7-12(5-9)18-21(19,20)14-6-10(8-17)2-3-13(14)16/h2-7,18H,8,17H2,1H3. The number of sulfonamides is 1. The van der Waals surface area contributed by atoms with E-state index in [0.29, 0.717) is 10.2 Å². The molecule has 0 aliphatic carbocycles. The third-order valence-electron chi connectivity index (χ3n) is 2.82. The van der Waals surface area contributed by atoms with Gasteiger partial charge in [0.15, 0.2) is 0 Å². The second-order valence-corrected chi connectivity index (χ2v) is 8.01. The highest BCUT2D eigenvalue weighted by atomic mass is 79.9. The Morgan fingerprint density at radius 3 is 2.48 bits per heavy atom. The zero-order chi connectivity index (χ0) is 15.6. The lowest BCUT2D eigenvalue weighted by Gasteiger charge is -2.12. The quantitative estimate of drug-likeness (QED) is 0.770. The number of nitrogens with two attached hydrogens (primary N) is 1. The van der Waals surface area contributed by atoms with Gasteiger partial charge in [-0.05, 0) is 64.3 Å². The molecule has 0 unspecified atom stereocenters. The molecule has 0 aromatic heterocycles. The lowest BCUT2D eigenvalue weighted by atomic mass is 10.2. The van der Waals surface area contributed by atoms with Crippen LogP contribution in [-0.2, 0) is 16.6 Å². The van der Waals surface area contributed by atoms with Crippen LogP contribution in [0.25, 0.3) is 0 Å². The van der Waals surface area contributed by atoms with Gasteiger partial charge in [0.2, 0.25) is 0 Å². The zero-order valence-electron chi connectivity index (χ0n) is 11.2. The molecule has 0 saturated carbocycles. The summed E-state index contributed by atoms with van der Waals surface area (Å²) < 4.78 is 28.9. The third kappa shape index (κ3) is 4.06. The van der Waals surface area contributed by atoms with Gasteiger partial charge in [-0.1, -0.05) is 22.0 Å². The Labute approximate surface area is 141 Å². The van der Waals surface area contributed by atoms with E-state index in [1.165, 1.54) is 0 Å². The Kier molecular flexibility index (Phi) is 5.08. The Morgan fingerprint density at radius 2 is 1.86 bits per heavy atom. The zero-order valence-corrected chi connectivity index (χ0v) is 15.2. The third-order valence-corrected chi connectivity index (χ3v) is 5.65. The van der Waals surface area contributed by atoms with E-state index in [-0.39, 0.29) is 11.4 Å². The van der Waals surface area contributed by atoms with Crippen molar-refractivity contribution in [1.82, 2.24) is 0 Å². The highest BCUT2D eigenvalue weighted by Gasteiger charge is 2.18. The maximum Gasteiger partial charge on any atom is 0.263 e. The minimum Gasteiger partial charge on any atom is -0.326 e. The first-order valence-corrected chi connectivity index (χ1v) is 9.17. The second-order valence-electron chi connectivity index (χ2n) is 4.59. The maximum absolute atomic E-state index is 12.5. The van der Waals surface area contributed by atoms with Crippen LogP contribution in [0.4, 0.5) is 5.69 Å². The van der Waals surface area contributed by atoms with Crippen LogP contribution >= 0.6 is 31.9 Å². The second kappa shape index (κ2) is 6.48. The molecule has 0 radical (unpaired) electrons. The summed E-state index contributed by atoms with van der Waals surface area (Å²) in [5, 5.41) is 0. The van der Waals surface area contributed by atoms with E-state index in [1.54, 1.807) is 30.3 Å². The summed E-state index contributed by atoms with van der Waals surface area (Å²) in [4.78, 5) is 0.170. The summed E-state index contributed by atoms with van der Waals surface area (Å²) in [6.45, 7) is 2.18. The SMILES string of the molecule is Cc1cc(Br)cc(NS(=O)(=O)c2cc(CN)ccc2Br)c1. The molecule has 112 valence electrons. The van der Waals surface area contributed by atoms with E-state index in [4.69, 9.17) is 5.73 Å². The summed E-state index contributed by atoms with van der Waals surface area (Å²) in [6, 6.07) is 10.4. The van der Waals surface area contributed by atoms with Crippen molar-refractivity contribution in [3.63, 3.8) is 0 Å². The molecular weight excluding hydrogens is 420 g/mol. The van der Waals surface area contributed by atoms with Crippen LogP contribution in [0.1, 0.15) is 11.1 Å². The molecule has 21 heavy (non-hydrogen) atoms. The first-order chi connectivity index (χ1) is 9.81. The van der Waals surface area contributed by atoms with Gasteiger partial charge in [-0.3, -0.25) is 4.72 Å².